The summed E-state index contributed by atoms with van der Waals surface area (Å²) in [6.07, 6.45) is 0.0498. The van der Waals surface area contributed by atoms with Crippen molar-refractivity contribution >= 4 is 17.5 Å². The maximum atomic E-state index is 12.5. The third-order valence-corrected chi connectivity index (χ3v) is 4.22. The van der Waals surface area contributed by atoms with E-state index in [2.05, 4.69) is 12.2 Å². The zero-order valence-corrected chi connectivity index (χ0v) is 13.0. The number of primary amides is 1. The molecule has 118 valence electrons. The summed E-state index contributed by atoms with van der Waals surface area (Å²) in [5.74, 6) is 0.168. The number of carbonyl (C=O) groups excluding carboxylic acids is 2. The van der Waals surface area contributed by atoms with Gasteiger partial charge in [-0.25, -0.2) is 0 Å². The van der Waals surface area contributed by atoms with Crippen LogP contribution in [0.5, 0.6) is 5.75 Å². The van der Waals surface area contributed by atoms with Crippen LogP contribution in [0.25, 0.3) is 0 Å². The number of hydrogen-bond acceptors (Lipinski definition) is 3. The van der Waals surface area contributed by atoms with Crippen LogP contribution in [0.4, 0.5) is 5.69 Å². The van der Waals surface area contributed by atoms with Gasteiger partial charge in [0.15, 0.2) is 0 Å². The van der Waals surface area contributed by atoms with E-state index in [9.17, 15) is 9.59 Å². The van der Waals surface area contributed by atoms with Crippen LogP contribution in [-0.4, -0.2) is 17.9 Å². The molecule has 0 fully saturated rings. The molecule has 3 N–H and O–H groups in total. The zero-order chi connectivity index (χ0) is 16.6. The largest absolute Gasteiger partial charge is 0.489 e. The molecule has 0 spiro atoms. The Morgan fingerprint density at radius 3 is 2.43 bits per heavy atom. The molecule has 0 saturated carbocycles. The molecule has 5 nitrogen and oxygen atoms in total. The van der Waals surface area contributed by atoms with E-state index in [1.807, 2.05) is 19.1 Å². The highest BCUT2D eigenvalue weighted by atomic mass is 16.5. The molecule has 2 unspecified atom stereocenters. The molecule has 2 amide bonds. The first-order chi connectivity index (χ1) is 11.0. The second kappa shape index (κ2) is 5.76. The lowest BCUT2D eigenvalue weighted by Crippen LogP contribution is -2.15. The van der Waals surface area contributed by atoms with E-state index < -0.39 is 5.91 Å². The summed E-state index contributed by atoms with van der Waals surface area (Å²) in [6.45, 7) is 4.08. The van der Waals surface area contributed by atoms with Gasteiger partial charge in [0, 0.05) is 22.7 Å². The number of fused-ring (bicyclic) bond motifs is 1. The average molecular weight is 310 g/mol. The molecule has 0 bridgehead atoms. The van der Waals surface area contributed by atoms with Crippen LogP contribution in [0.1, 0.15) is 46.0 Å². The summed E-state index contributed by atoms with van der Waals surface area (Å²) in [6, 6.07) is 12.0. The summed E-state index contributed by atoms with van der Waals surface area (Å²) in [7, 11) is 0. The van der Waals surface area contributed by atoms with Gasteiger partial charge in [-0.15, -0.1) is 0 Å². The number of carbonyl (C=O) groups is 2. The third kappa shape index (κ3) is 2.77. The standard InChI is InChI=1S/C18H18N2O3/c1-10-11(2)23-16-14(10)4-3-5-15(16)18(22)20-13-8-6-12(7-9-13)17(19)21/h3-11H,1-2H3,(H2,19,21)(H,20,22). The Balaban J connectivity index is 1.84. The lowest BCUT2D eigenvalue weighted by Gasteiger charge is -2.10. The van der Waals surface area contributed by atoms with Crippen molar-refractivity contribution in [3.8, 4) is 5.75 Å². The first-order valence-electron chi connectivity index (χ1n) is 7.48. The van der Waals surface area contributed by atoms with E-state index in [-0.39, 0.29) is 17.9 Å². The van der Waals surface area contributed by atoms with Crippen molar-refractivity contribution < 1.29 is 14.3 Å². The molecule has 1 aliphatic heterocycles. The minimum Gasteiger partial charge on any atom is -0.489 e. The molecular weight excluding hydrogens is 292 g/mol. The highest BCUT2D eigenvalue weighted by Crippen LogP contribution is 2.40. The van der Waals surface area contributed by atoms with E-state index in [1.54, 1.807) is 30.3 Å². The van der Waals surface area contributed by atoms with Gasteiger partial charge in [0.25, 0.3) is 5.91 Å². The molecule has 3 rings (SSSR count). The Kier molecular flexibility index (Phi) is 3.78. The van der Waals surface area contributed by atoms with Gasteiger partial charge in [-0.2, -0.15) is 0 Å². The molecule has 1 aliphatic rings. The normalized spacial score (nSPS) is 18.9. The van der Waals surface area contributed by atoms with Crippen LogP contribution < -0.4 is 15.8 Å². The predicted molar refractivity (Wildman–Crippen MR) is 87.9 cm³/mol. The first kappa shape index (κ1) is 15.1. The van der Waals surface area contributed by atoms with Crippen molar-refractivity contribution in [3.05, 3.63) is 59.2 Å². The minimum atomic E-state index is -0.500. The molecular formula is C18H18N2O3. The molecule has 0 aliphatic carbocycles. The number of amides is 2. The monoisotopic (exact) mass is 310 g/mol. The number of nitrogens with two attached hydrogens (primary N) is 1. The Morgan fingerprint density at radius 1 is 1.09 bits per heavy atom. The molecule has 1 heterocycles. The maximum Gasteiger partial charge on any atom is 0.259 e. The summed E-state index contributed by atoms with van der Waals surface area (Å²) in [5.41, 5.74) is 7.75. The van der Waals surface area contributed by atoms with Crippen LogP contribution in [0, 0.1) is 0 Å². The molecule has 5 heteroatoms. The molecule has 0 saturated heterocycles. The van der Waals surface area contributed by atoms with E-state index in [0.29, 0.717) is 22.6 Å². The average Bonchev–Trinajstić information content (AvgIpc) is 2.83. The first-order valence-corrected chi connectivity index (χ1v) is 7.48. The fourth-order valence-corrected chi connectivity index (χ4v) is 2.68. The second-order valence-corrected chi connectivity index (χ2v) is 5.73. The van der Waals surface area contributed by atoms with Crippen molar-refractivity contribution in [2.45, 2.75) is 25.9 Å². The Hall–Kier alpha value is -2.82. The number of rotatable bonds is 3. The molecule has 23 heavy (non-hydrogen) atoms. The highest BCUT2D eigenvalue weighted by Gasteiger charge is 2.31. The maximum absolute atomic E-state index is 12.5. The number of para-hydroxylation sites is 1. The Bertz CT molecular complexity index is 768. The summed E-state index contributed by atoms with van der Waals surface area (Å²) in [5, 5.41) is 2.81. The number of nitrogens with one attached hydrogen (secondary N) is 1. The summed E-state index contributed by atoms with van der Waals surface area (Å²) < 4.78 is 5.84. The van der Waals surface area contributed by atoms with E-state index in [0.717, 1.165) is 5.56 Å². The fourth-order valence-electron chi connectivity index (χ4n) is 2.68. The van der Waals surface area contributed by atoms with Crippen LogP contribution in [0.15, 0.2) is 42.5 Å². The van der Waals surface area contributed by atoms with Gasteiger partial charge in [0.2, 0.25) is 5.91 Å². The highest BCUT2D eigenvalue weighted by molar-refractivity contribution is 6.06. The third-order valence-electron chi connectivity index (χ3n) is 4.22. The summed E-state index contributed by atoms with van der Waals surface area (Å²) >= 11 is 0. The van der Waals surface area contributed by atoms with Gasteiger partial charge in [-0.05, 0) is 37.3 Å². The van der Waals surface area contributed by atoms with Crippen molar-refractivity contribution in [3.63, 3.8) is 0 Å². The van der Waals surface area contributed by atoms with Crippen molar-refractivity contribution in [2.75, 3.05) is 5.32 Å². The SMILES string of the molecule is CC1Oc2c(C(=O)Nc3ccc(C(N)=O)cc3)cccc2C1C. The number of hydrogen-bond donors (Lipinski definition) is 2. The Labute approximate surface area is 134 Å². The van der Waals surface area contributed by atoms with Gasteiger partial charge in [0.1, 0.15) is 11.9 Å². The van der Waals surface area contributed by atoms with E-state index in [1.165, 1.54) is 0 Å². The number of ether oxygens (including phenoxy) is 1. The van der Waals surface area contributed by atoms with Crippen LogP contribution in [-0.2, 0) is 0 Å². The van der Waals surface area contributed by atoms with Crippen molar-refractivity contribution in [1.29, 1.82) is 0 Å². The predicted octanol–water partition coefficient (Wildman–Crippen LogP) is 2.92. The van der Waals surface area contributed by atoms with Gasteiger partial charge < -0.3 is 15.8 Å². The van der Waals surface area contributed by atoms with Crippen molar-refractivity contribution in [1.82, 2.24) is 0 Å². The lowest BCUT2D eigenvalue weighted by atomic mass is 9.97. The minimum absolute atomic E-state index is 0.0498. The smallest absolute Gasteiger partial charge is 0.259 e. The van der Waals surface area contributed by atoms with Crippen LogP contribution in [0.2, 0.25) is 0 Å². The lowest BCUT2D eigenvalue weighted by molar-refractivity contribution is 0.0997. The zero-order valence-electron chi connectivity index (χ0n) is 13.0. The number of benzene rings is 2. The summed E-state index contributed by atoms with van der Waals surface area (Å²) in [4.78, 5) is 23.6. The van der Waals surface area contributed by atoms with E-state index >= 15 is 0 Å². The molecule has 2 aromatic rings. The molecule has 2 aromatic carbocycles. The Morgan fingerprint density at radius 2 is 1.78 bits per heavy atom. The molecule has 2 atom stereocenters. The fraction of sp³-hybridized carbons (Fsp3) is 0.222. The van der Waals surface area contributed by atoms with Gasteiger partial charge in [-0.3, -0.25) is 9.59 Å². The second-order valence-electron chi connectivity index (χ2n) is 5.73. The molecule has 0 aromatic heterocycles. The van der Waals surface area contributed by atoms with Crippen LogP contribution >= 0.6 is 0 Å². The van der Waals surface area contributed by atoms with Gasteiger partial charge >= 0.3 is 0 Å². The van der Waals surface area contributed by atoms with E-state index in [4.69, 9.17) is 10.5 Å². The van der Waals surface area contributed by atoms with Crippen molar-refractivity contribution in [2.24, 2.45) is 5.73 Å². The molecule has 0 radical (unpaired) electrons. The van der Waals surface area contributed by atoms with Gasteiger partial charge in [-0.1, -0.05) is 19.1 Å². The van der Waals surface area contributed by atoms with Gasteiger partial charge in [0.05, 0.1) is 5.56 Å². The number of anilines is 1. The quantitative estimate of drug-likeness (QED) is 0.914. The van der Waals surface area contributed by atoms with Crippen LogP contribution in [0.3, 0.4) is 0 Å². The topological polar surface area (TPSA) is 81.4 Å².